The molecule has 1 aromatic carbocycles. The number of fused-ring (bicyclic) bond motifs is 1. The maximum atomic E-state index is 12.3. The number of ether oxygens (including phenoxy) is 2. The summed E-state index contributed by atoms with van der Waals surface area (Å²) in [7, 11) is 0. The van der Waals surface area contributed by atoms with Gasteiger partial charge in [-0.15, -0.1) is 0 Å². The molecule has 2 aromatic rings. The van der Waals surface area contributed by atoms with Crippen LogP contribution in [0.5, 0.6) is 11.5 Å². The first-order valence-corrected chi connectivity index (χ1v) is 8.88. The zero-order valence-electron chi connectivity index (χ0n) is 14.9. The summed E-state index contributed by atoms with van der Waals surface area (Å²) in [5.41, 5.74) is 4.71. The molecule has 146 valence electrons. The van der Waals surface area contributed by atoms with Crippen LogP contribution in [0.4, 0.5) is 0 Å². The molecule has 1 fully saturated rings. The van der Waals surface area contributed by atoms with Gasteiger partial charge in [0.1, 0.15) is 12.4 Å². The topological polar surface area (TPSA) is 110 Å². The van der Waals surface area contributed by atoms with Gasteiger partial charge in [-0.3, -0.25) is 25.2 Å². The predicted molar refractivity (Wildman–Crippen MR) is 94.9 cm³/mol. The van der Waals surface area contributed by atoms with Crippen molar-refractivity contribution in [3.8, 4) is 11.5 Å². The summed E-state index contributed by atoms with van der Waals surface area (Å²) in [6, 6.07) is 10.5. The highest BCUT2D eigenvalue weighted by atomic mass is 16.6. The van der Waals surface area contributed by atoms with Gasteiger partial charge in [0.05, 0.1) is 18.7 Å². The van der Waals surface area contributed by atoms with Gasteiger partial charge in [0, 0.05) is 13.0 Å². The Morgan fingerprint density at radius 3 is 2.64 bits per heavy atom. The zero-order valence-corrected chi connectivity index (χ0v) is 14.9. The molecule has 1 saturated heterocycles. The van der Waals surface area contributed by atoms with Crippen molar-refractivity contribution in [1.82, 2.24) is 15.8 Å². The molecular formula is C19H19N3O6. The SMILES string of the molecule is O=C(NNC(=O)[C@H]1COc2ccccc2O1)[C@@H]1CC(=O)N(Cc2ccco2)C1. The quantitative estimate of drug-likeness (QED) is 0.747. The molecule has 0 unspecified atom stereocenters. The molecule has 28 heavy (non-hydrogen) atoms. The van der Waals surface area contributed by atoms with Gasteiger partial charge in [-0.05, 0) is 24.3 Å². The van der Waals surface area contributed by atoms with Crippen LogP contribution >= 0.6 is 0 Å². The van der Waals surface area contributed by atoms with E-state index >= 15 is 0 Å². The van der Waals surface area contributed by atoms with Gasteiger partial charge in [-0.25, -0.2) is 0 Å². The molecule has 2 N–H and O–H groups in total. The molecule has 2 atom stereocenters. The highest BCUT2D eigenvalue weighted by Crippen LogP contribution is 2.30. The number of carbonyl (C=O) groups excluding carboxylic acids is 3. The number of furan rings is 1. The number of nitrogens with zero attached hydrogens (tertiary/aromatic N) is 1. The van der Waals surface area contributed by atoms with Gasteiger partial charge in [0.15, 0.2) is 11.5 Å². The molecule has 3 amide bonds. The summed E-state index contributed by atoms with van der Waals surface area (Å²) < 4.78 is 16.3. The lowest BCUT2D eigenvalue weighted by Crippen LogP contribution is -2.52. The van der Waals surface area contributed by atoms with Crippen LogP contribution < -0.4 is 20.3 Å². The molecule has 0 aliphatic carbocycles. The molecule has 0 bridgehead atoms. The van der Waals surface area contributed by atoms with E-state index in [0.717, 1.165) is 0 Å². The first-order valence-electron chi connectivity index (χ1n) is 8.88. The zero-order chi connectivity index (χ0) is 19.5. The Kier molecular flexibility index (Phi) is 4.88. The maximum absolute atomic E-state index is 12.3. The normalized spacial score (nSPS) is 20.7. The van der Waals surface area contributed by atoms with E-state index in [-0.39, 0.29) is 25.5 Å². The molecular weight excluding hydrogens is 366 g/mol. The largest absolute Gasteiger partial charge is 0.485 e. The van der Waals surface area contributed by atoms with E-state index in [4.69, 9.17) is 13.9 Å². The minimum Gasteiger partial charge on any atom is -0.485 e. The van der Waals surface area contributed by atoms with Crippen LogP contribution in [0.1, 0.15) is 12.2 Å². The average Bonchev–Trinajstić information content (AvgIpc) is 3.36. The number of hydrogen-bond acceptors (Lipinski definition) is 6. The summed E-state index contributed by atoms with van der Waals surface area (Å²) in [6.07, 6.45) is 0.736. The molecule has 0 radical (unpaired) electrons. The van der Waals surface area contributed by atoms with Gasteiger partial charge in [-0.1, -0.05) is 12.1 Å². The van der Waals surface area contributed by atoms with E-state index < -0.39 is 23.8 Å². The molecule has 9 nitrogen and oxygen atoms in total. The highest BCUT2D eigenvalue weighted by molar-refractivity contribution is 5.91. The average molecular weight is 385 g/mol. The summed E-state index contributed by atoms with van der Waals surface area (Å²) in [5, 5.41) is 0. The third kappa shape index (κ3) is 3.78. The Balaban J connectivity index is 1.26. The molecule has 0 spiro atoms. The third-order valence-electron chi connectivity index (χ3n) is 4.62. The fraction of sp³-hybridized carbons (Fsp3) is 0.316. The van der Waals surface area contributed by atoms with Gasteiger partial charge in [0.2, 0.25) is 17.9 Å². The fourth-order valence-electron chi connectivity index (χ4n) is 3.15. The summed E-state index contributed by atoms with van der Waals surface area (Å²) in [5.74, 6) is 0.0419. The standard InChI is InChI=1S/C19H19N3O6/c23-17-8-12(9-22(17)10-13-4-3-7-26-13)18(24)20-21-19(25)16-11-27-14-5-1-2-6-15(14)28-16/h1-7,12,16H,8-11H2,(H,20,24)(H,21,25)/t12-,16-/m1/s1. The number of rotatable bonds is 4. The second kappa shape index (κ2) is 7.63. The van der Waals surface area contributed by atoms with Crippen molar-refractivity contribution >= 4 is 17.7 Å². The molecule has 4 rings (SSSR count). The molecule has 9 heteroatoms. The van der Waals surface area contributed by atoms with Gasteiger partial charge in [0.25, 0.3) is 5.91 Å². The van der Waals surface area contributed by atoms with Gasteiger partial charge >= 0.3 is 0 Å². The highest BCUT2D eigenvalue weighted by Gasteiger charge is 2.35. The van der Waals surface area contributed by atoms with Crippen molar-refractivity contribution in [1.29, 1.82) is 0 Å². The van der Waals surface area contributed by atoms with E-state index in [0.29, 0.717) is 23.8 Å². The number of amides is 3. The maximum Gasteiger partial charge on any atom is 0.283 e. The van der Waals surface area contributed by atoms with Crippen molar-refractivity contribution in [2.75, 3.05) is 13.2 Å². The second-order valence-electron chi connectivity index (χ2n) is 6.60. The number of nitrogens with one attached hydrogen (secondary N) is 2. The number of hydrogen-bond donors (Lipinski definition) is 2. The summed E-state index contributed by atoms with van der Waals surface area (Å²) >= 11 is 0. The van der Waals surface area contributed by atoms with Crippen LogP contribution in [0, 0.1) is 5.92 Å². The Labute approximate surface area is 160 Å². The molecule has 0 saturated carbocycles. The smallest absolute Gasteiger partial charge is 0.283 e. The van der Waals surface area contributed by atoms with E-state index in [1.807, 2.05) is 0 Å². The number of para-hydroxylation sites is 2. The van der Waals surface area contributed by atoms with Gasteiger partial charge in [-0.2, -0.15) is 0 Å². The number of carbonyl (C=O) groups is 3. The Morgan fingerprint density at radius 2 is 1.86 bits per heavy atom. The van der Waals surface area contributed by atoms with Crippen molar-refractivity contribution in [2.45, 2.75) is 19.1 Å². The van der Waals surface area contributed by atoms with E-state index in [1.165, 1.54) is 6.26 Å². The number of likely N-dealkylation sites (tertiary alicyclic amines) is 1. The first-order chi connectivity index (χ1) is 13.6. The van der Waals surface area contributed by atoms with Crippen LogP contribution in [0.3, 0.4) is 0 Å². The molecule has 2 aliphatic rings. The summed E-state index contributed by atoms with van der Waals surface area (Å²) in [6.45, 7) is 0.615. The minimum atomic E-state index is -0.879. The minimum absolute atomic E-state index is 0.0392. The fourth-order valence-corrected chi connectivity index (χ4v) is 3.15. The Morgan fingerprint density at radius 1 is 1.07 bits per heavy atom. The number of hydrazine groups is 1. The lowest BCUT2D eigenvalue weighted by Gasteiger charge is -2.25. The van der Waals surface area contributed by atoms with Crippen molar-refractivity contribution in [3.63, 3.8) is 0 Å². The van der Waals surface area contributed by atoms with Crippen LogP contribution in [0.2, 0.25) is 0 Å². The van der Waals surface area contributed by atoms with Crippen LogP contribution in [-0.2, 0) is 20.9 Å². The molecule has 1 aromatic heterocycles. The Hall–Kier alpha value is -3.49. The van der Waals surface area contributed by atoms with Gasteiger partial charge < -0.3 is 18.8 Å². The number of benzene rings is 1. The van der Waals surface area contributed by atoms with Crippen molar-refractivity contribution in [3.05, 3.63) is 48.4 Å². The van der Waals surface area contributed by atoms with Crippen molar-refractivity contribution < 1.29 is 28.3 Å². The van der Waals surface area contributed by atoms with Crippen molar-refractivity contribution in [2.24, 2.45) is 5.92 Å². The predicted octanol–water partition coefficient (Wildman–Crippen LogP) is 0.616. The lowest BCUT2D eigenvalue weighted by atomic mass is 10.1. The monoisotopic (exact) mass is 385 g/mol. The second-order valence-corrected chi connectivity index (χ2v) is 6.60. The molecule has 3 heterocycles. The van der Waals surface area contributed by atoms with E-state index in [2.05, 4.69) is 10.9 Å². The first kappa shape index (κ1) is 17.9. The lowest BCUT2D eigenvalue weighted by molar-refractivity contribution is -0.136. The van der Waals surface area contributed by atoms with Crippen LogP contribution in [-0.4, -0.2) is 41.9 Å². The van der Waals surface area contributed by atoms with E-state index in [9.17, 15) is 14.4 Å². The summed E-state index contributed by atoms with van der Waals surface area (Å²) in [4.78, 5) is 38.2. The third-order valence-corrected chi connectivity index (χ3v) is 4.62. The Bertz CT molecular complexity index is 882. The van der Waals surface area contributed by atoms with Crippen LogP contribution in [0.15, 0.2) is 47.1 Å². The van der Waals surface area contributed by atoms with Crippen LogP contribution in [0.25, 0.3) is 0 Å². The van der Waals surface area contributed by atoms with E-state index in [1.54, 1.807) is 41.3 Å². The molecule has 2 aliphatic heterocycles.